The highest BCUT2D eigenvalue weighted by molar-refractivity contribution is 6.00. The highest BCUT2D eigenvalue weighted by Gasteiger charge is 2.32. The number of nitrogens with zero attached hydrogens (tertiary/aromatic N) is 5. The van der Waals surface area contributed by atoms with Crippen LogP contribution in [0.15, 0.2) is 48.5 Å². The number of amides is 2. The zero-order valence-electron chi connectivity index (χ0n) is 19.5. The number of rotatable bonds is 7. The summed E-state index contributed by atoms with van der Waals surface area (Å²) in [7, 11) is 0. The Hall–Kier alpha value is -3.62. The lowest BCUT2D eigenvalue weighted by atomic mass is 10.1. The summed E-state index contributed by atoms with van der Waals surface area (Å²) in [5.74, 6) is -0.895. The summed E-state index contributed by atoms with van der Waals surface area (Å²) in [5, 5.41) is 15.2. The number of anilines is 1. The van der Waals surface area contributed by atoms with E-state index in [2.05, 4.69) is 20.7 Å². The molecule has 9 heteroatoms. The first-order valence-corrected chi connectivity index (χ1v) is 10.8. The number of hydrogen-bond donors (Lipinski definition) is 1. The molecule has 174 valence electrons. The lowest BCUT2D eigenvalue weighted by Crippen LogP contribution is -2.54. The Balaban J connectivity index is 1.89. The lowest BCUT2D eigenvalue weighted by Gasteiger charge is -2.32. The average molecular weight is 453 g/mol. The van der Waals surface area contributed by atoms with E-state index >= 15 is 0 Å². The second-order valence-corrected chi connectivity index (χ2v) is 8.92. The molecule has 1 aromatic heterocycles. The smallest absolute Gasteiger partial charge is 0.251 e. The van der Waals surface area contributed by atoms with E-state index in [1.807, 2.05) is 52.0 Å². The van der Waals surface area contributed by atoms with E-state index in [9.17, 15) is 14.0 Å². The zero-order valence-corrected chi connectivity index (χ0v) is 19.5. The Kier molecular flexibility index (Phi) is 7.20. The molecule has 0 fully saturated rings. The second kappa shape index (κ2) is 9.89. The molecular weight excluding hydrogens is 423 g/mol. The first kappa shape index (κ1) is 24.0. The first-order valence-electron chi connectivity index (χ1n) is 10.8. The van der Waals surface area contributed by atoms with Gasteiger partial charge in [-0.1, -0.05) is 42.8 Å². The molecule has 1 heterocycles. The molecule has 1 N–H and O–H groups in total. The van der Waals surface area contributed by atoms with Crippen molar-refractivity contribution in [2.24, 2.45) is 0 Å². The third-order valence-electron chi connectivity index (χ3n) is 4.89. The van der Waals surface area contributed by atoms with Crippen LogP contribution in [0.25, 0.3) is 11.4 Å². The molecule has 0 saturated heterocycles. The molecule has 33 heavy (non-hydrogen) atoms. The summed E-state index contributed by atoms with van der Waals surface area (Å²) >= 11 is 0. The molecule has 0 spiro atoms. The number of carbonyl (C=O) groups excluding carboxylic acids is 2. The van der Waals surface area contributed by atoms with Crippen molar-refractivity contribution in [1.29, 1.82) is 0 Å². The predicted molar refractivity (Wildman–Crippen MR) is 124 cm³/mol. The van der Waals surface area contributed by atoms with Gasteiger partial charge in [0.15, 0.2) is 0 Å². The maximum absolute atomic E-state index is 14.0. The van der Waals surface area contributed by atoms with Gasteiger partial charge >= 0.3 is 0 Å². The van der Waals surface area contributed by atoms with Crippen molar-refractivity contribution >= 4 is 17.5 Å². The van der Waals surface area contributed by atoms with Gasteiger partial charge < -0.3 is 5.32 Å². The van der Waals surface area contributed by atoms with Gasteiger partial charge in [-0.15, -0.1) is 10.2 Å². The third-order valence-corrected chi connectivity index (χ3v) is 4.89. The van der Waals surface area contributed by atoms with Crippen LogP contribution in [0.2, 0.25) is 0 Å². The number of nitrogens with one attached hydrogen (secondary N) is 1. The lowest BCUT2D eigenvalue weighted by molar-refractivity contribution is -0.128. The molecular formula is C24H29FN6O2. The van der Waals surface area contributed by atoms with E-state index in [4.69, 9.17) is 0 Å². The Labute approximate surface area is 192 Å². The molecule has 3 aromatic rings. The quantitative estimate of drug-likeness (QED) is 0.592. The van der Waals surface area contributed by atoms with Gasteiger partial charge in [-0.2, -0.15) is 4.80 Å². The minimum atomic E-state index is -0.835. The van der Waals surface area contributed by atoms with Gasteiger partial charge in [0.05, 0.1) is 0 Å². The molecule has 3 rings (SSSR count). The summed E-state index contributed by atoms with van der Waals surface area (Å²) in [4.78, 5) is 28.9. The maximum Gasteiger partial charge on any atom is 0.251 e. The second-order valence-electron chi connectivity index (χ2n) is 8.92. The van der Waals surface area contributed by atoms with Gasteiger partial charge in [-0.25, -0.2) is 4.39 Å². The molecule has 0 aliphatic rings. The van der Waals surface area contributed by atoms with Crippen LogP contribution in [-0.4, -0.2) is 43.6 Å². The normalized spacial score (nSPS) is 12.3. The molecule has 1 atom stereocenters. The van der Waals surface area contributed by atoms with E-state index < -0.39 is 23.3 Å². The Morgan fingerprint density at radius 1 is 1.15 bits per heavy atom. The highest BCUT2D eigenvalue weighted by Crippen LogP contribution is 2.22. The summed E-state index contributed by atoms with van der Waals surface area (Å²) in [6, 6.07) is 12.4. The summed E-state index contributed by atoms with van der Waals surface area (Å²) in [5.41, 5.74) is 1.68. The SMILES string of the molecule is CC[C@H](C(=O)NC(C)(C)C)N(C(=O)Cn1nnc(-c2ccc(C)cc2)n1)c1cccc(F)c1. The molecule has 0 unspecified atom stereocenters. The van der Waals surface area contributed by atoms with Crippen LogP contribution in [-0.2, 0) is 16.1 Å². The van der Waals surface area contributed by atoms with Crippen molar-refractivity contribution < 1.29 is 14.0 Å². The van der Waals surface area contributed by atoms with Crippen LogP contribution >= 0.6 is 0 Å². The molecule has 8 nitrogen and oxygen atoms in total. The number of halogens is 1. The van der Waals surface area contributed by atoms with Crippen LogP contribution in [0.3, 0.4) is 0 Å². The van der Waals surface area contributed by atoms with Crippen molar-refractivity contribution in [3.05, 3.63) is 59.9 Å². The number of carbonyl (C=O) groups is 2. The van der Waals surface area contributed by atoms with Gasteiger partial charge in [0.25, 0.3) is 5.91 Å². The van der Waals surface area contributed by atoms with Crippen molar-refractivity contribution in [1.82, 2.24) is 25.5 Å². The van der Waals surface area contributed by atoms with Crippen molar-refractivity contribution in [2.45, 2.75) is 59.2 Å². The fourth-order valence-corrected chi connectivity index (χ4v) is 3.39. The van der Waals surface area contributed by atoms with Gasteiger partial charge in [-0.05, 0) is 57.5 Å². The Morgan fingerprint density at radius 3 is 2.45 bits per heavy atom. The van der Waals surface area contributed by atoms with Gasteiger partial charge in [0, 0.05) is 16.8 Å². The minimum Gasteiger partial charge on any atom is -0.350 e. The van der Waals surface area contributed by atoms with Gasteiger partial charge in [-0.3, -0.25) is 14.5 Å². The number of hydrogen-bond acceptors (Lipinski definition) is 5. The molecule has 0 aliphatic carbocycles. The molecule has 0 saturated carbocycles. The molecule has 2 aromatic carbocycles. The van der Waals surface area contributed by atoms with Crippen LogP contribution < -0.4 is 10.2 Å². The molecule has 2 amide bonds. The fraction of sp³-hybridized carbons (Fsp3) is 0.375. The topological polar surface area (TPSA) is 93.0 Å². The first-order chi connectivity index (χ1) is 15.6. The minimum absolute atomic E-state index is 0.255. The Morgan fingerprint density at radius 2 is 1.85 bits per heavy atom. The Bertz CT molecular complexity index is 1120. The van der Waals surface area contributed by atoms with E-state index in [-0.39, 0.29) is 18.1 Å². The van der Waals surface area contributed by atoms with Crippen molar-refractivity contribution in [2.75, 3.05) is 4.90 Å². The standard InChI is InChI=1S/C24H29FN6O2/c1-6-20(23(33)26-24(3,4)5)31(19-9-7-8-18(25)14-19)21(32)15-30-28-22(27-29-30)17-12-10-16(2)11-13-17/h7-14,20H,6,15H2,1-5H3,(H,26,33)/t20-/m1/s1. The predicted octanol–water partition coefficient (Wildman–Crippen LogP) is 3.51. The number of aryl methyl sites for hydroxylation is 1. The van der Waals surface area contributed by atoms with Crippen LogP contribution in [0.5, 0.6) is 0 Å². The van der Waals surface area contributed by atoms with Crippen molar-refractivity contribution in [3.63, 3.8) is 0 Å². The summed E-state index contributed by atoms with van der Waals surface area (Å²) < 4.78 is 14.0. The zero-order chi connectivity index (χ0) is 24.2. The van der Waals surface area contributed by atoms with E-state index in [0.29, 0.717) is 12.2 Å². The third kappa shape index (κ3) is 6.21. The van der Waals surface area contributed by atoms with Crippen molar-refractivity contribution in [3.8, 4) is 11.4 Å². The fourth-order valence-electron chi connectivity index (χ4n) is 3.39. The number of benzene rings is 2. The van der Waals surface area contributed by atoms with Gasteiger partial charge in [0.1, 0.15) is 18.4 Å². The maximum atomic E-state index is 14.0. The number of tetrazole rings is 1. The molecule has 0 bridgehead atoms. The highest BCUT2D eigenvalue weighted by atomic mass is 19.1. The summed E-state index contributed by atoms with van der Waals surface area (Å²) in [6.07, 6.45) is 0.337. The van der Waals surface area contributed by atoms with E-state index in [1.165, 1.54) is 27.9 Å². The van der Waals surface area contributed by atoms with Crippen LogP contribution in [0.1, 0.15) is 39.7 Å². The van der Waals surface area contributed by atoms with E-state index in [0.717, 1.165) is 11.1 Å². The van der Waals surface area contributed by atoms with E-state index in [1.54, 1.807) is 13.0 Å². The molecule has 0 radical (unpaired) electrons. The summed E-state index contributed by atoms with van der Waals surface area (Å²) in [6.45, 7) is 9.10. The van der Waals surface area contributed by atoms with Crippen LogP contribution in [0, 0.1) is 12.7 Å². The van der Waals surface area contributed by atoms with Crippen LogP contribution in [0.4, 0.5) is 10.1 Å². The monoisotopic (exact) mass is 452 g/mol. The largest absolute Gasteiger partial charge is 0.350 e. The average Bonchev–Trinajstić information content (AvgIpc) is 3.19. The molecule has 0 aliphatic heterocycles. The number of aromatic nitrogens is 4. The van der Waals surface area contributed by atoms with Gasteiger partial charge in [0.2, 0.25) is 11.7 Å².